The molecule has 0 fully saturated rings. The van der Waals surface area contributed by atoms with E-state index in [9.17, 15) is 4.79 Å². The fourth-order valence-corrected chi connectivity index (χ4v) is 2.75. The predicted octanol–water partition coefficient (Wildman–Crippen LogP) is 3.51. The maximum Gasteiger partial charge on any atom is 0.258 e. The Labute approximate surface area is 138 Å². The van der Waals surface area contributed by atoms with Crippen molar-refractivity contribution >= 4 is 17.2 Å². The fraction of sp³-hybridized carbons (Fsp3) is 0.111. The van der Waals surface area contributed by atoms with Crippen molar-refractivity contribution in [2.75, 3.05) is 6.61 Å². The van der Waals surface area contributed by atoms with Crippen molar-refractivity contribution in [3.63, 3.8) is 0 Å². The summed E-state index contributed by atoms with van der Waals surface area (Å²) >= 11 is 1.65. The number of hydrogen-bond acceptors (Lipinski definition) is 4. The van der Waals surface area contributed by atoms with E-state index in [2.05, 4.69) is 10.3 Å². The third-order valence-corrected chi connectivity index (χ3v) is 4.09. The van der Waals surface area contributed by atoms with Crippen LogP contribution in [0.4, 0.5) is 0 Å². The van der Waals surface area contributed by atoms with Crippen molar-refractivity contribution < 1.29 is 9.53 Å². The summed E-state index contributed by atoms with van der Waals surface area (Å²) in [6.07, 6.45) is 1.76. The van der Waals surface area contributed by atoms with Crippen molar-refractivity contribution in [3.05, 3.63) is 71.7 Å². The molecule has 0 bridgehead atoms. The first-order valence-corrected chi connectivity index (χ1v) is 8.12. The molecular formula is C18H16N2O2S. The van der Waals surface area contributed by atoms with Crippen molar-refractivity contribution in [3.8, 4) is 16.3 Å². The van der Waals surface area contributed by atoms with Crippen molar-refractivity contribution in [1.82, 2.24) is 10.3 Å². The standard InChI is InChI=1S/C18H16N2O2S/c21-18(13-22-15-5-2-1-3-6-15)20-12-14-8-9-19-16(11-14)17-7-4-10-23-17/h1-11H,12-13H2,(H,20,21). The van der Waals surface area contributed by atoms with E-state index in [1.165, 1.54) is 0 Å². The number of nitrogens with one attached hydrogen (secondary N) is 1. The van der Waals surface area contributed by atoms with E-state index in [-0.39, 0.29) is 12.5 Å². The second kappa shape index (κ2) is 7.56. The molecule has 1 aromatic carbocycles. The third kappa shape index (κ3) is 4.40. The number of aromatic nitrogens is 1. The first-order valence-electron chi connectivity index (χ1n) is 7.24. The van der Waals surface area contributed by atoms with Gasteiger partial charge in [0.25, 0.3) is 5.91 Å². The molecule has 5 heteroatoms. The molecule has 116 valence electrons. The van der Waals surface area contributed by atoms with Gasteiger partial charge in [0.05, 0.1) is 10.6 Å². The molecule has 2 aromatic heterocycles. The second-order valence-corrected chi connectivity index (χ2v) is 5.85. The van der Waals surface area contributed by atoms with Crippen LogP contribution in [0.25, 0.3) is 10.6 Å². The highest BCUT2D eigenvalue weighted by molar-refractivity contribution is 7.13. The maximum absolute atomic E-state index is 11.9. The summed E-state index contributed by atoms with van der Waals surface area (Å²) in [6.45, 7) is 0.463. The van der Waals surface area contributed by atoms with E-state index in [0.29, 0.717) is 12.3 Å². The maximum atomic E-state index is 11.9. The first-order chi connectivity index (χ1) is 11.3. The summed E-state index contributed by atoms with van der Waals surface area (Å²) in [5.74, 6) is 0.537. The summed E-state index contributed by atoms with van der Waals surface area (Å²) < 4.78 is 5.42. The number of hydrogen-bond donors (Lipinski definition) is 1. The topological polar surface area (TPSA) is 51.2 Å². The van der Waals surface area contributed by atoms with E-state index in [1.807, 2.05) is 60.0 Å². The highest BCUT2D eigenvalue weighted by atomic mass is 32.1. The molecule has 0 unspecified atom stereocenters. The number of rotatable bonds is 6. The Bertz CT molecular complexity index is 758. The Balaban J connectivity index is 1.52. The van der Waals surface area contributed by atoms with Crippen LogP contribution in [0.2, 0.25) is 0 Å². The van der Waals surface area contributed by atoms with E-state index < -0.39 is 0 Å². The lowest BCUT2D eigenvalue weighted by Crippen LogP contribution is -2.28. The van der Waals surface area contributed by atoms with Crippen molar-refractivity contribution in [2.24, 2.45) is 0 Å². The molecular weight excluding hydrogens is 308 g/mol. The molecule has 0 saturated carbocycles. The quantitative estimate of drug-likeness (QED) is 0.755. The average Bonchev–Trinajstić information content (AvgIpc) is 3.14. The van der Waals surface area contributed by atoms with Crippen LogP contribution < -0.4 is 10.1 Å². The summed E-state index contributed by atoms with van der Waals surface area (Å²) in [5.41, 5.74) is 1.93. The van der Waals surface area contributed by atoms with Gasteiger partial charge in [-0.15, -0.1) is 11.3 Å². The number of thiophene rings is 1. The van der Waals surface area contributed by atoms with Gasteiger partial charge in [0.15, 0.2) is 6.61 Å². The van der Waals surface area contributed by atoms with Gasteiger partial charge in [0, 0.05) is 12.7 Å². The second-order valence-electron chi connectivity index (χ2n) is 4.91. The molecule has 0 aliphatic rings. The molecule has 3 aromatic rings. The monoisotopic (exact) mass is 324 g/mol. The van der Waals surface area contributed by atoms with Crippen LogP contribution in [0, 0.1) is 0 Å². The normalized spacial score (nSPS) is 10.3. The van der Waals surface area contributed by atoms with Gasteiger partial charge < -0.3 is 10.1 Å². The van der Waals surface area contributed by atoms with Crippen LogP contribution in [-0.4, -0.2) is 17.5 Å². The lowest BCUT2D eigenvalue weighted by Gasteiger charge is -2.08. The largest absolute Gasteiger partial charge is 0.484 e. The zero-order valence-corrected chi connectivity index (χ0v) is 13.3. The van der Waals surface area contributed by atoms with Crippen LogP contribution >= 0.6 is 11.3 Å². The highest BCUT2D eigenvalue weighted by Gasteiger charge is 2.05. The Kier molecular flexibility index (Phi) is 5.01. The molecule has 1 N–H and O–H groups in total. The fourth-order valence-electron chi connectivity index (χ4n) is 2.06. The van der Waals surface area contributed by atoms with Crippen LogP contribution in [-0.2, 0) is 11.3 Å². The van der Waals surface area contributed by atoms with Crippen LogP contribution in [0.3, 0.4) is 0 Å². The lowest BCUT2D eigenvalue weighted by molar-refractivity contribution is -0.123. The Morgan fingerprint density at radius 2 is 2.00 bits per heavy atom. The van der Waals surface area contributed by atoms with Gasteiger partial charge in [-0.1, -0.05) is 24.3 Å². The van der Waals surface area contributed by atoms with Crippen LogP contribution in [0.1, 0.15) is 5.56 Å². The molecule has 0 aliphatic heterocycles. The minimum atomic E-state index is -0.150. The predicted molar refractivity (Wildman–Crippen MR) is 91.3 cm³/mol. The molecule has 1 amide bonds. The van der Waals surface area contributed by atoms with Gasteiger partial charge in [0.1, 0.15) is 5.75 Å². The number of pyridine rings is 1. The number of carbonyl (C=O) groups excluding carboxylic acids is 1. The van der Waals surface area contributed by atoms with Crippen molar-refractivity contribution in [1.29, 1.82) is 0 Å². The SMILES string of the molecule is O=C(COc1ccccc1)NCc1ccnc(-c2cccs2)c1. The minimum Gasteiger partial charge on any atom is -0.484 e. The van der Waals surface area contributed by atoms with Gasteiger partial charge in [-0.2, -0.15) is 0 Å². The lowest BCUT2D eigenvalue weighted by atomic mass is 10.2. The third-order valence-electron chi connectivity index (χ3n) is 3.20. The number of nitrogens with zero attached hydrogens (tertiary/aromatic N) is 1. The number of ether oxygens (including phenoxy) is 1. The Morgan fingerprint density at radius 1 is 1.13 bits per heavy atom. The molecule has 23 heavy (non-hydrogen) atoms. The number of para-hydroxylation sites is 1. The number of amides is 1. The van der Waals surface area contributed by atoms with Crippen LogP contribution in [0.5, 0.6) is 5.75 Å². The zero-order valence-electron chi connectivity index (χ0n) is 12.4. The smallest absolute Gasteiger partial charge is 0.258 e. The van der Waals surface area contributed by atoms with Crippen LogP contribution in [0.15, 0.2) is 66.2 Å². The van der Waals surface area contributed by atoms with E-state index in [1.54, 1.807) is 17.5 Å². The highest BCUT2D eigenvalue weighted by Crippen LogP contribution is 2.22. The molecule has 0 saturated heterocycles. The Hall–Kier alpha value is -2.66. The zero-order chi connectivity index (χ0) is 15.9. The molecule has 0 spiro atoms. The van der Waals surface area contributed by atoms with Gasteiger partial charge in [-0.3, -0.25) is 9.78 Å². The molecule has 0 radical (unpaired) electrons. The average molecular weight is 324 g/mol. The summed E-state index contributed by atoms with van der Waals surface area (Å²) in [4.78, 5) is 17.3. The van der Waals surface area contributed by atoms with E-state index in [4.69, 9.17) is 4.74 Å². The van der Waals surface area contributed by atoms with E-state index >= 15 is 0 Å². The summed E-state index contributed by atoms with van der Waals surface area (Å²) in [5, 5.41) is 4.87. The minimum absolute atomic E-state index is 0.00682. The molecule has 4 nitrogen and oxygen atoms in total. The van der Waals surface area contributed by atoms with Gasteiger partial charge in [0.2, 0.25) is 0 Å². The number of carbonyl (C=O) groups is 1. The first kappa shape index (κ1) is 15.2. The summed E-state index contributed by atoms with van der Waals surface area (Å²) in [7, 11) is 0. The van der Waals surface area contributed by atoms with Gasteiger partial charge >= 0.3 is 0 Å². The molecule has 0 atom stereocenters. The molecule has 3 rings (SSSR count). The molecule has 0 aliphatic carbocycles. The van der Waals surface area contributed by atoms with Crippen molar-refractivity contribution in [2.45, 2.75) is 6.54 Å². The van der Waals surface area contributed by atoms with Gasteiger partial charge in [-0.25, -0.2) is 0 Å². The van der Waals surface area contributed by atoms with Gasteiger partial charge in [-0.05, 0) is 41.3 Å². The Morgan fingerprint density at radius 3 is 2.78 bits per heavy atom. The number of benzene rings is 1. The van der Waals surface area contributed by atoms with E-state index in [0.717, 1.165) is 16.1 Å². The molecule has 2 heterocycles. The summed E-state index contributed by atoms with van der Waals surface area (Å²) in [6, 6.07) is 17.2.